The molecule has 10 heavy (non-hydrogen) atoms. The molecule has 0 radical (unpaired) electrons. The van der Waals surface area contributed by atoms with Gasteiger partial charge in [0.2, 0.25) is 0 Å². The Hall–Kier alpha value is -0.940. The van der Waals surface area contributed by atoms with Crippen LogP contribution < -0.4 is 5.73 Å². The van der Waals surface area contributed by atoms with E-state index in [9.17, 15) is 0 Å². The normalized spacial score (nSPS) is 13.5. The minimum absolute atomic E-state index is 0.0821. The van der Waals surface area contributed by atoms with Crippen molar-refractivity contribution >= 4 is 0 Å². The van der Waals surface area contributed by atoms with Crippen molar-refractivity contribution in [3.63, 3.8) is 0 Å². The summed E-state index contributed by atoms with van der Waals surface area (Å²) in [7, 11) is 1.73. The number of aliphatic hydroxyl groups excluding tert-OH is 1. The number of aliphatic hydroxyl groups is 1. The van der Waals surface area contributed by atoms with Crippen LogP contribution in [0.1, 0.15) is 11.7 Å². The van der Waals surface area contributed by atoms with Gasteiger partial charge in [-0.1, -0.05) is 5.21 Å². The Labute approximate surface area is 58.5 Å². The molecule has 5 nitrogen and oxygen atoms in total. The summed E-state index contributed by atoms with van der Waals surface area (Å²) in [6.45, 7) is -0.0821. The van der Waals surface area contributed by atoms with E-state index in [0.29, 0.717) is 0 Å². The number of aromatic nitrogens is 3. The fraction of sp³-hybridized carbons (Fsp3) is 0.600. The highest BCUT2D eigenvalue weighted by molar-refractivity contribution is 4.99. The Kier molecular flexibility index (Phi) is 1.98. The van der Waals surface area contributed by atoms with E-state index in [0.717, 1.165) is 5.69 Å². The van der Waals surface area contributed by atoms with Crippen molar-refractivity contribution in [2.24, 2.45) is 12.8 Å². The first-order valence-electron chi connectivity index (χ1n) is 2.96. The molecule has 1 heterocycles. The third kappa shape index (κ3) is 1.14. The van der Waals surface area contributed by atoms with Crippen LogP contribution in [0.3, 0.4) is 0 Å². The van der Waals surface area contributed by atoms with E-state index < -0.39 is 0 Å². The van der Waals surface area contributed by atoms with Crippen molar-refractivity contribution in [1.29, 1.82) is 0 Å². The van der Waals surface area contributed by atoms with Crippen LogP contribution in [0.4, 0.5) is 0 Å². The SMILES string of the molecule is Cn1nncc1[C@@H](N)CO. The zero-order chi connectivity index (χ0) is 7.56. The first-order valence-corrected chi connectivity index (χ1v) is 2.96. The molecule has 0 bridgehead atoms. The number of rotatable bonds is 2. The average molecular weight is 142 g/mol. The topological polar surface area (TPSA) is 77.0 Å². The molecule has 1 atom stereocenters. The predicted octanol–water partition coefficient (Wildman–Crippen LogP) is -1.19. The van der Waals surface area contributed by atoms with Gasteiger partial charge in [-0.25, -0.2) is 0 Å². The van der Waals surface area contributed by atoms with Crippen LogP contribution >= 0.6 is 0 Å². The third-order valence-electron chi connectivity index (χ3n) is 1.33. The molecule has 0 spiro atoms. The van der Waals surface area contributed by atoms with Crippen LogP contribution in [-0.4, -0.2) is 26.7 Å². The average Bonchev–Trinajstić information content (AvgIpc) is 2.34. The van der Waals surface area contributed by atoms with E-state index in [4.69, 9.17) is 10.8 Å². The van der Waals surface area contributed by atoms with Crippen molar-refractivity contribution in [2.45, 2.75) is 6.04 Å². The molecule has 1 aromatic rings. The number of nitrogens with zero attached hydrogens (tertiary/aromatic N) is 3. The van der Waals surface area contributed by atoms with Crippen LogP contribution in [0.5, 0.6) is 0 Å². The maximum absolute atomic E-state index is 8.64. The monoisotopic (exact) mass is 142 g/mol. The summed E-state index contributed by atoms with van der Waals surface area (Å²) in [4.78, 5) is 0. The predicted molar refractivity (Wildman–Crippen MR) is 35.0 cm³/mol. The lowest BCUT2D eigenvalue weighted by Crippen LogP contribution is -2.17. The maximum atomic E-state index is 8.64. The molecule has 0 fully saturated rings. The van der Waals surface area contributed by atoms with Gasteiger partial charge >= 0.3 is 0 Å². The van der Waals surface area contributed by atoms with Crippen LogP contribution in [0.25, 0.3) is 0 Å². The molecule has 0 saturated heterocycles. The smallest absolute Gasteiger partial charge is 0.0774 e. The van der Waals surface area contributed by atoms with Crippen molar-refractivity contribution in [3.05, 3.63) is 11.9 Å². The van der Waals surface area contributed by atoms with Crippen molar-refractivity contribution < 1.29 is 5.11 Å². The number of nitrogens with two attached hydrogens (primary N) is 1. The molecule has 1 aromatic heterocycles. The van der Waals surface area contributed by atoms with Crippen LogP contribution in [0.2, 0.25) is 0 Å². The molecule has 5 heteroatoms. The third-order valence-corrected chi connectivity index (χ3v) is 1.33. The van der Waals surface area contributed by atoms with Crippen LogP contribution in [-0.2, 0) is 7.05 Å². The largest absolute Gasteiger partial charge is 0.394 e. The molecule has 0 amide bonds. The van der Waals surface area contributed by atoms with Gasteiger partial charge in [0, 0.05) is 7.05 Å². The molecule has 56 valence electrons. The van der Waals surface area contributed by atoms with Crippen LogP contribution in [0.15, 0.2) is 6.20 Å². The molecule has 0 aliphatic rings. The fourth-order valence-corrected chi connectivity index (χ4v) is 0.727. The quantitative estimate of drug-likeness (QED) is 0.544. The number of aryl methyl sites for hydroxylation is 1. The summed E-state index contributed by atoms with van der Waals surface area (Å²) in [5, 5.41) is 15.9. The van der Waals surface area contributed by atoms with Gasteiger partial charge in [0.25, 0.3) is 0 Å². The lowest BCUT2D eigenvalue weighted by Gasteiger charge is -2.05. The molecule has 1 rings (SSSR count). The van der Waals surface area contributed by atoms with Gasteiger partial charge in [0.15, 0.2) is 0 Å². The molecule has 0 aliphatic carbocycles. The van der Waals surface area contributed by atoms with E-state index >= 15 is 0 Å². The fourth-order valence-electron chi connectivity index (χ4n) is 0.727. The molecular formula is C5H10N4O. The first kappa shape index (κ1) is 7.17. The minimum atomic E-state index is -0.375. The molecule has 0 aromatic carbocycles. The molecule has 0 saturated carbocycles. The van der Waals surface area contributed by atoms with Gasteiger partial charge in [0.1, 0.15) is 0 Å². The van der Waals surface area contributed by atoms with Crippen LogP contribution in [0, 0.1) is 0 Å². The zero-order valence-electron chi connectivity index (χ0n) is 5.73. The molecular weight excluding hydrogens is 132 g/mol. The summed E-state index contributed by atoms with van der Waals surface area (Å²) in [6, 6.07) is -0.375. The van der Waals surface area contributed by atoms with Crippen molar-refractivity contribution in [2.75, 3.05) is 6.61 Å². The highest BCUT2D eigenvalue weighted by atomic mass is 16.3. The summed E-state index contributed by atoms with van der Waals surface area (Å²) in [5.74, 6) is 0. The van der Waals surface area contributed by atoms with Crippen molar-refractivity contribution in [3.8, 4) is 0 Å². The highest BCUT2D eigenvalue weighted by Gasteiger charge is 2.07. The first-order chi connectivity index (χ1) is 4.75. The Bertz CT molecular complexity index is 209. The van der Waals surface area contributed by atoms with E-state index in [2.05, 4.69) is 10.3 Å². The van der Waals surface area contributed by atoms with Gasteiger partial charge in [-0.15, -0.1) is 5.10 Å². The van der Waals surface area contributed by atoms with Gasteiger partial charge in [-0.05, 0) is 0 Å². The second kappa shape index (κ2) is 2.76. The minimum Gasteiger partial charge on any atom is -0.394 e. The van der Waals surface area contributed by atoms with Gasteiger partial charge in [0.05, 0.1) is 24.5 Å². The van der Waals surface area contributed by atoms with E-state index in [1.165, 1.54) is 0 Å². The van der Waals surface area contributed by atoms with Gasteiger partial charge < -0.3 is 10.8 Å². The maximum Gasteiger partial charge on any atom is 0.0774 e. The summed E-state index contributed by atoms with van der Waals surface area (Å²) in [6.07, 6.45) is 1.54. The van der Waals surface area contributed by atoms with E-state index in [1.807, 2.05) is 0 Å². The standard InChI is InChI=1S/C5H10N4O/c1-9-5(2-7-8-9)4(6)3-10/h2,4,10H,3,6H2,1H3/t4-/m0/s1. The summed E-state index contributed by atoms with van der Waals surface area (Å²) >= 11 is 0. The molecule has 3 N–H and O–H groups in total. The lowest BCUT2D eigenvalue weighted by atomic mass is 10.2. The Morgan fingerprint density at radius 3 is 3.00 bits per heavy atom. The second-order valence-corrected chi connectivity index (χ2v) is 2.07. The number of hydrogen-bond donors (Lipinski definition) is 2. The second-order valence-electron chi connectivity index (χ2n) is 2.07. The Morgan fingerprint density at radius 1 is 1.90 bits per heavy atom. The Morgan fingerprint density at radius 2 is 2.60 bits per heavy atom. The zero-order valence-corrected chi connectivity index (χ0v) is 5.73. The van der Waals surface area contributed by atoms with E-state index in [-0.39, 0.29) is 12.6 Å². The lowest BCUT2D eigenvalue weighted by molar-refractivity contribution is 0.263. The Balaban J connectivity index is 2.82. The van der Waals surface area contributed by atoms with Gasteiger partial charge in [-0.2, -0.15) is 0 Å². The molecule has 0 aliphatic heterocycles. The van der Waals surface area contributed by atoms with E-state index in [1.54, 1.807) is 17.9 Å². The van der Waals surface area contributed by atoms with Crippen molar-refractivity contribution in [1.82, 2.24) is 15.0 Å². The highest BCUT2D eigenvalue weighted by Crippen LogP contribution is 2.03. The molecule has 0 unspecified atom stereocenters. The number of hydrogen-bond acceptors (Lipinski definition) is 4. The summed E-state index contributed by atoms with van der Waals surface area (Å²) < 4.78 is 1.54. The van der Waals surface area contributed by atoms with Gasteiger partial charge in [-0.3, -0.25) is 4.68 Å². The summed E-state index contributed by atoms with van der Waals surface area (Å²) in [5.41, 5.74) is 6.23.